The van der Waals surface area contributed by atoms with Gasteiger partial charge in [0, 0.05) is 31.5 Å². The number of β-amino-alcohol motifs (C(OH)–C–C–N with tert-alkyl or cyclic N) is 1. The lowest BCUT2D eigenvalue weighted by Gasteiger charge is -2.39. The van der Waals surface area contributed by atoms with Crippen molar-refractivity contribution in [1.29, 1.82) is 0 Å². The highest BCUT2D eigenvalue weighted by Gasteiger charge is 2.29. The molecule has 5 heteroatoms. The molecule has 1 fully saturated rings. The number of aliphatic hydroxyl groups is 1. The van der Waals surface area contributed by atoms with Gasteiger partial charge in [0.2, 0.25) is 0 Å². The minimum absolute atomic E-state index is 0.0676. The predicted molar refractivity (Wildman–Crippen MR) is 93.9 cm³/mol. The van der Waals surface area contributed by atoms with Crippen molar-refractivity contribution in [2.45, 2.75) is 45.6 Å². The highest BCUT2D eigenvalue weighted by Crippen LogP contribution is 2.28. The predicted octanol–water partition coefficient (Wildman–Crippen LogP) is 2.32. The van der Waals surface area contributed by atoms with Crippen LogP contribution >= 0.6 is 0 Å². The second kappa shape index (κ2) is 7.47. The molecule has 1 aromatic carbocycles. The van der Waals surface area contributed by atoms with Crippen molar-refractivity contribution in [3.63, 3.8) is 0 Å². The molecule has 0 amide bonds. The molecule has 1 aromatic heterocycles. The van der Waals surface area contributed by atoms with E-state index in [4.69, 9.17) is 4.74 Å². The number of aliphatic hydroxyl groups excluding tert-OH is 1. The Morgan fingerprint density at radius 1 is 1.33 bits per heavy atom. The van der Waals surface area contributed by atoms with Crippen molar-refractivity contribution in [3.05, 3.63) is 53.3 Å². The quantitative estimate of drug-likeness (QED) is 0.915. The normalized spacial score (nSPS) is 23.3. The van der Waals surface area contributed by atoms with Crippen molar-refractivity contribution in [3.8, 4) is 0 Å². The molecule has 1 aliphatic heterocycles. The van der Waals surface area contributed by atoms with Gasteiger partial charge in [-0.3, -0.25) is 9.58 Å². The molecular formula is C19H27N3O2. The molecule has 3 rings (SSSR count). The summed E-state index contributed by atoms with van der Waals surface area (Å²) in [6.07, 6.45) is 3.24. The van der Waals surface area contributed by atoms with Crippen LogP contribution in [0.1, 0.15) is 29.7 Å². The average molecular weight is 329 g/mol. The molecule has 2 aromatic rings. The molecule has 1 aliphatic rings. The zero-order valence-corrected chi connectivity index (χ0v) is 14.7. The number of nitrogens with zero attached hydrogens (tertiary/aromatic N) is 3. The molecular weight excluding hydrogens is 302 g/mol. The van der Waals surface area contributed by atoms with Gasteiger partial charge in [0.1, 0.15) is 0 Å². The summed E-state index contributed by atoms with van der Waals surface area (Å²) in [6.45, 7) is 9.04. The summed E-state index contributed by atoms with van der Waals surface area (Å²) in [7, 11) is 0. The maximum Gasteiger partial charge on any atom is 0.0955 e. The Balaban J connectivity index is 1.65. The van der Waals surface area contributed by atoms with Gasteiger partial charge in [-0.25, -0.2) is 0 Å². The Bertz CT molecular complexity index is 657. The molecule has 2 heterocycles. The van der Waals surface area contributed by atoms with E-state index in [9.17, 15) is 5.11 Å². The van der Waals surface area contributed by atoms with Gasteiger partial charge >= 0.3 is 0 Å². The highest BCUT2D eigenvalue weighted by molar-refractivity contribution is 5.32. The summed E-state index contributed by atoms with van der Waals surface area (Å²) in [6, 6.07) is 8.69. The molecule has 0 aliphatic carbocycles. The molecule has 24 heavy (non-hydrogen) atoms. The monoisotopic (exact) mass is 329 g/mol. The van der Waals surface area contributed by atoms with E-state index in [1.165, 1.54) is 16.7 Å². The number of ether oxygens (including phenoxy) is 1. The van der Waals surface area contributed by atoms with Gasteiger partial charge < -0.3 is 9.84 Å². The summed E-state index contributed by atoms with van der Waals surface area (Å²) in [5.41, 5.74) is 3.77. The number of rotatable bonds is 5. The van der Waals surface area contributed by atoms with Crippen LogP contribution in [-0.4, -0.2) is 51.6 Å². The van der Waals surface area contributed by atoms with E-state index in [0.717, 1.165) is 6.54 Å². The van der Waals surface area contributed by atoms with Crippen LogP contribution in [0.15, 0.2) is 36.7 Å². The number of benzene rings is 1. The number of morpholine rings is 1. The molecule has 0 spiro atoms. The largest absolute Gasteiger partial charge is 0.390 e. The van der Waals surface area contributed by atoms with Crippen molar-refractivity contribution < 1.29 is 9.84 Å². The molecule has 0 radical (unpaired) electrons. The van der Waals surface area contributed by atoms with Crippen LogP contribution in [0.2, 0.25) is 0 Å². The third kappa shape index (κ3) is 4.04. The Morgan fingerprint density at radius 2 is 2.17 bits per heavy atom. The molecule has 5 nitrogen and oxygen atoms in total. The van der Waals surface area contributed by atoms with Crippen molar-refractivity contribution >= 4 is 0 Å². The standard InChI is InChI=1S/C19H27N3O2/c1-14-5-6-15(2)18(9-14)19-12-21(16(3)13-24-19)10-17(23)11-22-8-4-7-20-22/h4-9,16-17,19,23H,10-13H2,1-3H3. The minimum Gasteiger partial charge on any atom is -0.390 e. The van der Waals surface area contributed by atoms with Gasteiger partial charge in [0.15, 0.2) is 0 Å². The molecule has 0 bridgehead atoms. The van der Waals surface area contributed by atoms with Crippen LogP contribution in [0.4, 0.5) is 0 Å². The smallest absolute Gasteiger partial charge is 0.0955 e. The van der Waals surface area contributed by atoms with Crippen LogP contribution in [-0.2, 0) is 11.3 Å². The lowest BCUT2D eigenvalue weighted by atomic mass is 9.98. The van der Waals surface area contributed by atoms with Crippen LogP contribution < -0.4 is 0 Å². The second-order valence-electron chi connectivity index (χ2n) is 6.87. The summed E-state index contributed by atoms with van der Waals surface area (Å²) < 4.78 is 7.86. The van der Waals surface area contributed by atoms with E-state index in [0.29, 0.717) is 25.7 Å². The molecule has 0 saturated carbocycles. The first kappa shape index (κ1) is 17.1. The van der Waals surface area contributed by atoms with E-state index in [1.807, 2.05) is 12.3 Å². The number of aromatic nitrogens is 2. The first-order chi connectivity index (χ1) is 11.5. The number of hydrogen-bond donors (Lipinski definition) is 1. The van der Waals surface area contributed by atoms with Crippen LogP contribution in [0.5, 0.6) is 0 Å². The second-order valence-corrected chi connectivity index (χ2v) is 6.87. The Kier molecular flexibility index (Phi) is 5.33. The van der Waals surface area contributed by atoms with Gasteiger partial charge in [0.25, 0.3) is 0 Å². The van der Waals surface area contributed by atoms with E-state index in [-0.39, 0.29) is 6.10 Å². The first-order valence-electron chi connectivity index (χ1n) is 8.61. The van der Waals surface area contributed by atoms with Crippen molar-refractivity contribution in [2.24, 2.45) is 0 Å². The minimum atomic E-state index is -0.440. The first-order valence-corrected chi connectivity index (χ1v) is 8.61. The van der Waals surface area contributed by atoms with Crippen molar-refractivity contribution in [1.82, 2.24) is 14.7 Å². The lowest BCUT2D eigenvalue weighted by Crippen LogP contribution is -2.48. The van der Waals surface area contributed by atoms with Gasteiger partial charge in [-0.1, -0.05) is 23.8 Å². The van der Waals surface area contributed by atoms with Crippen LogP contribution in [0.3, 0.4) is 0 Å². The Hall–Kier alpha value is -1.69. The maximum atomic E-state index is 10.4. The fourth-order valence-corrected chi connectivity index (χ4v) is 3.31. The highest BCUT2D eigenvalue weighted by atomic mass is 16.5. The Labute approximate surface area is 143 Å². The molecule has 3 unspecified atom stereocenters. The van der Waals surface area contributed by atoms with E-state index in [2.05, 4.69) is 49.0 Å². The van der Waals surface area contributed by atoms with E-state index >= 15 is 0 Å². The molecule has 1 saturated heterocycles. The lowest BCUT2D eigenvalue weighted by molar-refractivity contribution is -0.0728. The fraction of sp³-hybridized carbons (Fsp3) is 0.526. The maximum absolute atomic E-state index is 10.4. The third-order valence-corrected chi connectivity index (χ3v) is 4.75. The number of aryl methyl sites for hydroxylation is 2. The van der Waals surface area contributed by atoms with Gasteiger partial charge in [0.05, 0.1) is 25.4 Å². The average Bonchev–Trinajstić information content (AvgIpc) is 3.05. The zero-order chi connectivity index (χ0) is 17.1. The topological polar surface area (TPSA) is 50.5 Å². The summed E-state index contributed by atoms with van der Waals surface area (Å²) in [4.78, 5) is 2.32. The van der Waals surface area contributed by atoms with Crippen LogP contribution in [0, 0.1) is 13.8 Å². The van der Waals surface area contributed by atoms with E-state index in [1.54, 1.807) is 10.9 Å². The summed E-state index contributed by atoms with van der Waals surface area (Å²) >= 11 is 0. The SMILES string of the molecule is Cc1ccc(C)c(C2CN(CC(O)Cn3cccn3)C(C)CO2)c1. The van der Waals surface area contributed by atoms with Gasteiger partial charge in [-0.15, -0.1) is 0 Å². The zero-order valence-electron chi connectivity index (χ0n) is 14.7. The molecule has 130 valence electrons. The number of hydrogen-bond acceptors (Lipinski definition) is 4. The van der Waals surface area contributed by atoms with Gasteiger partial charge in [-0.2, -0.15) is 5.10 Å². The molecule has 3 atom stereocenters. The van der Waals surface area contributed by atoms with Crippen LogP contribution in [0.25, 0.3) is 0 Å². The Morgan fingerprint density at radius 3 is 2.92 bits per heavy atom. The fourth-order valence-electron chi connectivity index (χ4n) is 3.31. The van der Waals surface area contributed by atoms with E-state index < -0.39 is 6.10 Å². The third-order valence-electron chi connectivity index (χ3n) is 4.75. The van der Waals surface area contributed by atoms with Crippen molar-refractivity contribution in [2.75, 3.05) is 19.7 Å². The summed E-state index contributed by atoms with van der Waals surface area (Å²) in [5.74, 6) is 0. The molecule has 1 N–H and O–H groups in total. The van der Waals surface area contributed by atoms with Gasteiger partial charge in [-0.05, 0) is 38.0 Å². The summed E-state index contributed by atoms with van der Waals surface area (Å²) in [5, 5.41) is 14.6.